The number of aliphatic imine (C=N–C) groups is 1. The van der Waals surface area contributed by atoms with E-state index in [1.165, 1.54) is 6.42 Å². The van der Waals surface area contributed by atoms with Gasteiger partial charge in [0.2, 0.25) is 5.91 Å². The minimum atomic E-state index is 0.138. The number of amides is 1. The molecule has 17 heavy (non-hydrogen) atoms. The van der Waals surface area contributed by atoms with Gasteiger partial charge in [-0.15, -0.1) is 0 Å². The lowest BCUT2D eigenvalue weighted by atomic mass is 10.2. The van der Waals surface area contributed by atoms with Crippen LogP contribution in [0.3, 0.4) is 0 Å². The van der Waals surface area contributed by atoms with Crippen LogP contribution in [-0.2, 0) is 4.79 Å². The molecule has 1 heterocycles. The summed E-state index contributed by atoms with van der Waals surface area (Å²) >= 11 is 1.78. The van der Waals surface area contributed by atoms with Gasteiger partial charge >= 0.3 is 0 Å². The van der Waals surface area contributed by atoms with Gasteiger partial charge in [-0.2, -0.15) is 0 Å². The maximum atomic E-state index is 11.5. The molecule has 0 spiro atoms. The lowest BCUT2D eigenvalue weighted by molar-refractivity contribution is -0.121. The van der Waals surface area contributed by atoms with Crippen molar-refractivity contribution < 1.29 is 4.79 Å². The molecule has 2 aliphatic rings. The molecule has 2 unspecified atom stereocenters. The Morgan fingerprint density at radius 2 is 2.29 bits per heavy atom. The highest BCUT2D eigenvalue weighted by Crippen LogP contribution is 2.22. The van der Waals surface area contributed by atoms with E-state index in [2.05, 4.69) is 29.5 Å². The monoisotopic (exact) mass is 255 g/mol. The van der Waals surface area contributed by atoms with Crippen molar-refractivity contribution in [1.29, 1.82) is 0 Å². The summed E-state index contributed by atoms with van der Waals surface area (Å²) in [5, 5.41) is 7.94. The Morgan fingerprint density at radius 3 is 2.94 bits per heavy atom. The number of nitrogens with zero attached hydrogens (tertiary/aromatic N) is 1. The lowest BCUT2D eigenvalue weighted by Crippen LogP contribution is -2.38. The third-order valence-corrected chi connectivity index (χ3v) is 3.97. The molecule has 96 valence electrons. The third-order valence-electron chi connectivity index (χ3n) is 2.90. The van der Waals surface area contributed by atoms with Crippen LogP contribution < -0.4 is 10.6 Å². The summed E-state index contributed by atoms with van der Waals surface area (Å²) in [7, 11) is 0. The molecule has 4 nitrogen and oxygen atoms in total. The van der Waals surface area contributed by atoms with Crippen LogP contribution in [0.4, 0.5) is 0 Å². The third kappa shape index (κ3) is 4.58. The fourth-order valence-electron chi connectivity index (χ4n) is 1.91. The topological polar surface area (TPSA) is 53.5 Å². The fraction of sp³-hybridized carbons (Fsp3) is 0.833. The van der Waals surface area contributed by atoms with Crippen molar-refractivity contribution in [2.45, 2.75) is 56.9 Å². The zero-order valence-electron chi connectivity index (χ0n) is 10.5. The number of rotatable bonds is 4. The van der Waals surface area contributed by atoms with Crippen LogP contribution in [-0.4, -0.2) is 35.0 Å². The number of hydrogen-bond donors (Lipinski definition) is 2. The van der Waals surface area contributed by atoms with Gasteiger partial charge in [0.15, 0.2) is 5.17 Å². The van der Waals surface area contributed by atoms with E-state index in [1.54, 1.807) is 11.8 Å². The van der Waals surface area contributed by atoms with Crippen molar-refractivity contribution in [2.75, 3.05) is 6.54 Å². The number of carbonyl (C=O) groups is 1. The minimum Gasteiger partial charge on any atom is -0.362 e. The highest BCUT2D eigenvalue weighted by Gasteiger charge is 2.23. The van der Waals surface area contributed by atoms with Gasteiger partial charge in [0.05, 0.1) is 6.54 Å². The smallest absolute Gasteiger partial charge is 0.222 e. The Morgan fingerprint density at radius 1 is 1.53 bits per heavy atom. The summed E-state index contributed by atoms with van der Waals surface area (Å²) in [6.45, 7) is 4.98. The molecule has 1 aliphatic carbocycles. The highest BCUT2D eigenvalue weighted by atomic mass is 32.2. The second-order valence-electron chi connectivity index (χ2n) is 4.99. The maximum Gasteiger partial charge on any atom is 0.222 e. The van der Waals surface area contributed by atoms with Gasteiger partial charge < -0.3 is 10.6 Å². The first-order chi connectivity index (χ1) is 8.13. The first-order valence-corrected chi connectivity index (χ1v) is 7.28. The van der Waals surface area contributed by atoms with Gasteiger partial charge in [-0.3, -0.25) is 9.79 Å². The number of amidine groups is 1. The zero-order valence-corrected chi connectivity index (χ0v) is 11.3. The molecule has 2 fully saturated rings. The van der Waals surface area contributed by atoms with Crippen LogP contribution in [0.5, 0.6) is 0 Å². The van der Waals surface area contributed by atoms with Crippen LogP contribution in [0, 0.1) is 0 Å². The molecular formula is C12H21N3OS. The summed E-state index contributed by atoms with van der Waals surface area (Å²) in [5.41, 5.74) is 0. The van der Waals surface area contributed by atoms with E-state index in [0.717, 1.165) is 18.0 Å². The Bertz CT molecular complexity index is 303. The second-order valence-corrected chi connectivity index (χ2v) is 6.42. The van der Waals surface area contributed by atoms with Crippen molar-refractivity contribution >= 4 is 22.8 Å². The molecule has 1 saturated heterocycles. The van der Waals surface area contributed by atoms with E-state index in [-0.39, 0.29) is 5.91 Å². The quantitative estimate of drug-likeness (QED) is 0.801. The van der Waals surface area contributed by atoms with E-state index in [1.807, 2.05) is 0 Å². The van der Waals surface area contributed by atoms with E-state index in [9.17, 15) is 4.79 Å². The van der Waals surface area contributed by atoms with E-state index in [0.29, 0.717) is 30.3 Å². The summed E-state index contributed by atoms with van der Waals surface area (Å²) in [6, 6.07) is 0.947. The highest BCUT2D eigenvalue weighted by molar-refractivity contribution is 8.14. The molecule has 0 bridgehead atoms. The van der Waals surface area contributed by atoms with Gasteiger partial charge in [-0.1, -0.05) is 18.7 Å². The molecule has 1 amide bonds. The average molecular weight is 255 g/mol. The molecule has 1 saturated carbocycles. The van der Waals surface area contributed by atoms with Crippen molar-refractivity contribution in [3.63, 3.8) is 0 Å². The Hall–Kier alpha value is -0.710. The summed E-state index contributed by atoms with van der Waals surface area (Å²) in [5.74, 6) is 0.138. The molecule has 2 rings (SSSR count). The van der Waals surface area contributed by atoms with Crippen molar-refractivity contribution in [3.05, 3.63) is 0 Å². The maximum absolute atomic E-state index is 11.5. The summed E-state index contributed by atoms with van der Waals surface area (Å²) < 4.78 is 0. The Balaban J connectivity index is 1.69. The lowest BCUT2D eigenvalue weighted by Gasteiger charge is -2.26. The Kier molecular flexibility index (Phi) is 4.31. The van der Waals surface area contributed by atoms with Gasteiger partial charge in [0.25, 0.3) is 0 Å². The molecule has 0 aromatic heterocycles. The van der Waals surface area contributed by atoms with Crippen LogP contribution in [0.2, 0.25) is 0 Å². The molecule has 1 aliphatic heterocycles. The van der Waals surface area contributed by atoms with Gasteiger partial charge in [0, 0.05) is 23.8 Å². The largest absolute Gasteiger partial charge is 0.362 e. The van der Waals surface area contributed by atoms with Crippen LogP contribution in [0.15, 0.2) is 4.99 Å². The minimum absolute atomic E-state index is 0.138. The SMILES string of the molecule is CC1CC(C)SC(=NCCC(=O)NC2CC2)N1. The number of nitrogens with one attached hydrogen (secondary N) is 2. The number of hydrogen-bond acceptors (Lipinski definition) is 3. The van der Waals surface area contributed by atoms with Crippen LogP contribution in [0.1, 0.15) is 39.5 Å². The van der Waals surface area contributed by atoms with Crippen LogP contribution in [0.25, 0.3) is 0 Å². The number of thioether (sulfide) groups is 1. The molecule has 2 N–H and O–H groups in total. The molecule has 2 atom stereocenters. The first-order valence-electron chi connectivity index (χ1n) is 6.40. The summed E-state index contributed by atoms with van der Waals surface area (Å²) in [6.07, 6.45) is 3.97. The molecular weight excluding hydrogens is 234 g/mol. The molecule has 5 heteroatoms. The predicted octanol–water partition coefficient (Wildman–Crippen LogP) is 1.51. The summed E-state index contributed by atoms with van der Waals surface area (Å²) in [4.78, 5) is 15.9. The molecule has 0 aromatic rings. The van der Waals surface area contributed by atoms with Gasteiger partial charge in [-0.05, 0) is 26.2 Å². The Labute approximate surface area is 107 Å². The fourth-order valence-corrected chi connectivity index (χ4v) is 3.11. The second kappa shape index (κ2) is 5.76. The average Bonchev–Trinajstić information content (AvgIpc) is 3.00. The zero-order chi connectivity index (χ0) is 12.3. The predicted molar refractivity (Wildman–Crippen MR) is 72.4 cm³/mol. The van der Waals surface area contributed by atoms with Gasteiger partial charge in [-0.25, -0.2) is 0 Å². The standard InChI is InChI=1S/C12H21N3OS/c1-8-7-9(2)17-12(14-8)13-6-5-11(16)15-10-3-4-10/h8-10H,3-7H2,1-2H3,(H,13,14)(H,15,16). The van der Waals surface area contributed by atoms with Crippen molar-refractivity contribution in [1.82, 2.24) is 10.6 Å². The van der Waals surface area contributed by atoms with E-state index in [4.69, 9.17) is 0 Å². The van der Waals surface area contributed by atoms with Crippen LogP contribution >= 0.6 is 11.8 Å². The van der Waals surface area contributed by atoms with Crippen molar-refractivity contribution in [2.24, 2.45) is 4.99 Å². The molecule has 0 aromatic carbocycles. The van der Waals surface area contributed by atoms with E-state index < -0.39 is 0 Å². The normalized spacial score (nSPS) is 31.1. The number of carbonyl (C=O) groups excluding carboxylic acids is 1. The van der Waals surface area contributed by atoms with Crippen molar-refractivity contribution in [3.8, 4) is 0 Å². The first kappa shape index (κ1) is 12.7. The van der Waals surface area contributed by atoms with Gasteiger partial charge in [0.1, 0.15) is 0 Å². The van der Waals surface area contributed by atoms with E-state index >= 15 is 0 Å². The molecule has 0 radical (unpaired) electrons.